The summed E-state index contributed by atoms with van der Waals surface area (Å²) in [6, 6.07) is 14.0. The zero-order chi connectivity index (χ0) is 22.1. The van der Waals surface area contributed by atoms with Crippen LogP contribution in [0.1, 0.15) is 47.8 Å². The Kier molecular flexibility index (Phi) is 5.74. The molecule has 5 heteroatoms. The van der Waals surface area contributed by atoms with Crippen LogP contribution in [0.15, 0.2) is 69.9 Å². The molecule has 154 valence electrons. The quantitative estimate of drug-likeness (QED) is 0.269. The molecular formula is C25H24O5. The topological polar surface area (TPSA) is 73.6 Å². The van der Waals surface area contributed by atoms with E-state index in [1.807, 2.05) is 12.1 Å². The van der Waals surface area contributed by atoms with Gasteiger partial charge in [0.05, 0.1) is 7.11 Å². The molecule has 0 saturated heterocycles. The summed E-state index contributed by atoms with van der Waals surface area (Å²) in [5.74, 6) is -1.05. The fraction of sp³-hybridized carbons (Fsp3) is 0.240. The number of hydrogen-bond donors (Lipinski definition) is 0. The molecule has 3 aromatic rings. The summed E-state index contributed by atoms with van der Waals surface area (Å²) in [4.78, 5) is 38.1. The molecule has 0 spiro atoms. The van der Waals surface area contributed by atoms with E-state index >= 15 is 0 Å². The SMILES string of the molecule is C=C(Cc1c(C(=O)c2ccccc2)c(=O)oc2ccc(C(C)(C)C)cc12)C(=O)OC. The summed E-state index contributed by atoms with van der Waals surface area (Å²) >= 11 is 0. The smallest absolute Gasteiger partial charge is 0.347 e. The van der Waals surface area contributed by atoms with Gasteiger partial charge in [0, 0.05) is 22.9 Å². The van der Waals surface area contributed by atoms with Crippen LogP contribution in [0.3, 0.4) is 0 Å². The van der Waals surface area contributed by atoms with Crippen LogP contribution in [0.4, 0.5) is 0 Å². The predicted molar refractivity (Wildman–Crippen MR) is 116 cm³/mol. The Morgan fingerprint density at radius 2 is 1.73 bits per heavy atom. The van der Waals surface area contributed by atoms with Crippen molar-refractivity contribution in [3.05, 3.63) is 93.4 Å². The first-order valence-corrected chi connectivity index (χ1v) is 9.59. The molecule has 30 heavy (non-hydrogen) atoms. The molecule has 0 aliphatic carbocycles. The average molecular weight is 404 g/mol. The number of methoxy groups -OCH3 is 1. The van der Waals surface area contributed by atoms with Crippen molar-refractivity contribution in [3.63, 3.8) is 0 Å². The van der Waals surface area contributed by atoms with Crippen LogP contribution in [0.5, 0.6) is 0 Å². The standard InChI is InChI=1S/C25H24O5/c1-15(23(27)29-5)13-19-18-14-17(25(2,3)4)11-12-20(18)30-24(28)21(19)22(26)16-9-7-6-8-10-16/h6-12,14H,1,13H2,2-5H3. The lowest BCUT2D eigenvalue weighted by Crippen LogP contribution is -2.20. The fourth-order valence-corrected chi connectivity index (χ4v) is 3.31. The maximum Gasteiger partial charge on any atom is 0.347 e. The van der Waals surface area contributed by atoms with Crippen molar-refractivity contribution in [2.45, 2.75) is 32.6 Å². The van der Waals surface area contributed by atoms with Crippen molar-refractivity contribution in [1.29, 1.82) is 0 Å². The molecule has 0 unspecified atom stereocenters. The van der Waals surface area contributed by atoms with Gasteiger partial charge in [-0.2, -0.15) is 0 Å². The lowest BCUT2D eigenvalue weighted by Gasteiger charge is -2.20. The monoisotopic (exact) mass is 404 g/mol. The van der Waals surface area contributed by atoms with E-state index in [0.29, 0.717) is 22.1 Å². The van der Waals surface area contributed by atoms with Gasteiger partial charge in [-0.05, 0) is 28.7 Å². The van der Waals surface area contributed by atoms with Crippen LogP contribution in [0, 0.1) is 0 Å². The third-order valence-electron chi connectivity index (χ3n) is 5.01. The molecule has 1 heterocycles. The Morgan fingerprint density at radius 1 is 1.07 bits per heavy atom. The molecule has 0 amide bonds. The van der Waals surface area contributed by atoms with Gasteiger partial charge in [0.25, 0.3) is 0 Å². The molecular weight excluding hydrogens is 380 g/mol. The van der Waals surface area contributed by atoms with E-state index in [1.165, 1.54) is 7.11 Å². The number of hydrogen-bond acceptors (Lipinski definition) is 5. The molecule has 0 aliphatic rings. The van der Waals surface area contributed by atoms with Gasteiger partial charge in [0.1, 0.15) is 11.1 Å². The highest BCUT2D eigenvalue weighted by atomic mass is 16.5. The third-order valence-corrected chi connectivity index (χ3v) is 5.01. The normalized spacial score (nSPS) is 11.3. The zero-order valence-corrected chi connectivity index (χ0v) is 17.6. The van der Waals surface area contributed by atoms with Gasteiger partial charge >= 0.3 is 11.6 Å². The lowest BCUT2D eigenvalue weighted by atomic mass is 9.85. The number of fused-ring (bicyclic) bond motifs is 1. The average Bonchev–Trinajstić information content (AvgIpc) is 2.72. The first-order valence-electron chi connectivity index (χ1n) is 9.59. The Morgan fingerprint density at radius 3 is 2.33 bits per heavy atom. The molecule has 0 atom stereocenters. The Balaban J connectivity index is 2.33. The summed E-state index contributed by atoms with van der Waals surface area (Å²) in [6.45, 7) is 9.98. The minimum atomic E-state index is -0.743. The van der Waals surface area contributed by atoms with Gasteiger partial charge < -0.3 is 9.15 Å². The molecule has 0 N–H and O–H groups in total. The van der Waals surface area contributed by atoms with Gasteiger partial charge in [-0.3, -0.25) is 4.79 Å². The summed E-state index contributed by atoms with van der Waals surface area (Å²) in [5, 5.41) is 0.603. The van der Waals surface area contributed by atoms with Crippen LogP contribution in [-0.4, -0.2) is 18.9 Å². The Bertz CT molecular complexity index is 1190. The molecule has 0 radical (unpaired) electrons. The van der Waals surface area contributed by atoms with E-state index in [4.69, 9.17) is 9.15 Å². The third kappa shape index (κ3) is 4.10. The van der Waals surface area contributed by atoms with Crippen LogP contribution in [-0.2, 0) is 21.4 Å². The van der Waals surface area contributed by atoms with E-state index < -0.39 is 17.4 Å². The second kappa shape index (κ2) is 8.11. The van der Waals surface area contributed by atoms with Crippen molar-refractivity contribution >= 4 is 22.7 Å². The molecule has 2 aromatic carbocycles. The summed E-state index contributed by atoms with van der Waals surface area (Å²) in [6.07, 6.45) is -0.00369. The summed E-state index contributed by atoms with van der Waals surface area (Å²) in [5.41, 5.74) is 1.28. The number of rotatable bonds is 5. The maximum atomic E-state index is 13.2. The molecule has 5 nitrogen and oxygen atoms in total. The summed E-state index contributed by atoms with van der Waals surface area (Å²) < 4.78 is 10.3. The van der Waals surface area contributed by atoms with Crippen molar-refractivity contribution in [3.8, 4) is 0 Å². The zero-order valence-electron chi connectivity index (χ0n) is 17.6. The predicted octanol–water partition coefficient (Wildman–Crippen LogP) is 4.59. The first-order chi connectivity index (χ1) is 14.1. The van der Waals surface area contributed by atoms with E-state index in [9.17, 15) is 14.4 Å². The maximum absolute atomic E-state index is 13.2. The minimum Gasteiger partial charge on any atom is -0.466 e. The number of carbonyl (C=O) groups excluding carboxylic acids is 2. The highest BCUT2D eigenvalue weighted by Crippen LogP contribution is 2.30. The van der Waals surface area contributed by atoms with Gasteiger partial charge in [-0.25, -0.2) is 9.59 Å². The number of carbonyl (C=O) groups is 2. The minimum absolute atomic E-state index is 0.00369. The molecule has 1 aromatic heterocycles. The molecule has 0 aliphatic heterocycles. The van der Waals surface area contributed by atoms with Gasteiger partial charge in [0.2, 0.25) is 5.78 Å². The molecule has 0 fully saturated rings. The number of benzene rings is 2. The summed E-state index contributed by atoms with van der Waals surface area (Å²) in [7, 11) is 1.26. The van der Waals surface area contributed by atoms with E-state index in [2.05, 4.69) is 27.4 Å². The fourth-order valence-electron chi connectivity index (χ4n) is 3.31. The van der Waals surface area contributed by atoms with E-state index in [-0.39, 0.29) is 23.0 Å². The molecule has 0 bridgehead atoms. The highest BCUT2D eigenvalue weighted by molar-refractivity contribution is 6.11. The largest absolute Gasteiger partial charge is 0.466 e. The van der Waals surface area contributed by atoms with Crippen molar-refractivity contribution in [2.24, 2.45) is 0 Å². The van der Waals surface area contributed by atoms with Crippen LogP contribution in [0.2, 0.25) is 0 Å². The second-order valence-electron chi connectivity index (χ2n) is 8.17. The lowest BCUT2D eigenvalue weighted by molar-refractivity contribution is -0.136. The van der Waals surface area contributed by atoms with Gasteiger partial charge in [-0.1, -0.05) is 63.7 Å². The number of ether oxygens (including phenoxy) is 1. The first kappa shape index (κ1) is 21.2. The van der Waals surface area contributed by atoms with Crippen molar-refractivity contribution < 1.29 is 18.7 Å². The van der Waals surface area contributed by atoms with Crippen LogP contribution < -0.4 is 5.63 Å². The van der Waals surface area contributed by atoms with Gasteiger partial charge in [-0.15, -0.1) is 0 Å². The van der Waals surface area contributed by atoms with Crippen molar-refractivity contribution in [2.75, 3.05) is 7.11 Å². The van der Waals surface area contributed by atoms with Crippen LogP contribution in [0.25, 0.3) is 11.0 Å². The van der Waals surface area contributed by atoms with Crippen LogP contribution >= 0.6 is 0 Å². The van der Waals surface area contributed by atoms with E-state index in [1.54, 1.807) is 36.4 Å². The molecule has 0 saturated carbocycles. The Labute approximate surface area is 175 Å². The van der Waals surface area contributed by atoms with Gasteiger partial charge in [0.15, 0.2) is 0 Å². The second-order valence-corrected chi connectivity index (χ2v) is 8.17. The number of esters is 1. The van der Waals surface area contributed by atoms with E-state index in [0.717, 1.165) is 5.56 Å². The van der Waals surface area contributed by atoms with Crippen molar-refractivity contribution in [1.82, 2.24) is 0 Å². The Hall–Kier alpha value is -3.47. The highest BCUT2D eigenvalue weighted by Gasteiger charge is 2.25. The number of ketones is 1. The molecule has 3 rings (SSSR count).